The van der Waals surface area contributed by atoms with Crippen LogP contribution in [0.3, 0.4) is 0 Å². The summed E-state index contributed by atoms with van der Waals surface area (Å²) in [7, 11) is 0. The lowest BCUT2D eigenvalue weighted by Gasteiger charge is -2.33. The Bertz CT molecular complexity index is 561. The SMILES string of the molecule is CC1CCC(CC2CCC(Cc3ccc(C4CCC(C)CC4)cc3)CC2)CC1. The molecule has 0 heteroatoms. The van der Waals surface area contributed by atoms with Crippen molar-refractivity contribution in [2.24, 2.45) is 29.6 Å². The van der Waals surface area contributed by atoms with Crippen LogP contribution in [0.2, 0.25) is 0 Å². The maximum absolute atomic E-state index is 2.46. The van der Waals surface area contributed by atoms with Crippen molar-refractivity contribution in [1.29, 1.82) is 0 Å². The maximum Gasteiger partial charge on any atom is -0.0162 e. The van der Waals surface area contributed by atoms with Crippen molar-refractivity contribution >= 4 is 0 Å². The molecule has 0 heterocycles. The van der Waals surface area contributed by atoms with E-state index in [2.05, 4.69) is 38.1 Å². The van der Waals surface area contributed by atoms with Crippen molar-refractivity contribution in [1.82, 2.24) is 0 Å². The van der Waals surface area contributed by atoms with E-state index in [1.807, 2.05) is 0 Å². The molecule has 0 spiro atoms. The molecule has 0 N–H and O–H groups in total. The van der Waals surface area contributed by atoms with Crippen LogP contribution in [0.5, 0.6) is 0 Å². The summed E-state index contributed by atoms with van der Waals surface area (Å²) in [5.41, 5.74) is 3.21. The van der Waals surface area contributed by atoms with Gasteiger partial charge >= 0.3 is 0 Å². The highest BCUT2D eigenvalue weighted by molar-refractivity contribution is 5.26. The second-order valence-corrected chi connectivity index (χ2v) is 11.2. The summed E-state index contributed by atoms with van der Waals surface area (Å²) in [6.45, 7) is 4.87. The minimum absolute atomic E-state index is 0.837. The van der Waals surface area contributed by atoms with Crippen molar-refractivity contribution in [3.05, 3.63) is 35.4 Å². The molecule has 0 bridgehead atoms. The molecule has 0 atom stereocenters. The molecular formula is C28H44. The summed E-state index contributed by atoms with van der Waals surface area (Å²) in [6.07, 6.45) is 20.6. The smallest absolute Gasteiger partial charge is 0.0162 e. The molecule has 1 aromatic rings. The first-order valence-electron chi connectivity index (χ1n) is 12.7. The van der Waals surface area contributed by atoms with Crippen molar-refractivity contribution < 1.29 is 0 Å². The Kier molecular flexibility index (Phi) is 7.18. The Balaban J connectivity index is 1.19. The summed E-state index contributed by atoms with van der Waals surface area (Å²) < 4.78 is 0. The third-order valence-electron chi connectivity index (χ3n) is 8.76. The molecule has 3 saturated carbocycles. The van der Waals surface area contributed by atoms with Crippen LogP contribution in [0.4, 0.5) is 0 Å². The zero-order chi connectivity index (χ0) is 19.3. The normalized spacial score (nSPS) is 36.9. The molecule has 1 aromatic carbocycles. The highest BCUT2D eigenvalue weighted by atomic mass is 14.3. The Labute approximate surface area is 174 Å². The average molecular weight is 381 g/mol. The van der Waals surface area contributed by atoms with Crippen molar-refractivity contribution in [2.45, 2.75) is 110 Å². The minimum Gasteiger partial charge on any atom is -0.0625 e. The molecule has 3 aliphatic rings. The Morgan fingerprint density at radius 2 is 1.04 bits per heavy atom. The number of hydrogen-bond acceptors (Lipinski definition) is 0. The van der Waals surface area contributed by atoms with E-state index in [4.69, 9.17) is 0 Å². The van der Waals surface area contributed by atoms with Gasteiger partial charge in [0.1, 0.15) is 0 Å². The van der Waals surface area contributed by atoms with E-state index in [1.54, 1.807) is 17.5 Å². The molecule has 0 aliphatic heterocycles. The van der Waals surface area contributed by atoms with Gasteiger partial charge in [0.15, 0.2) is 0 Å². The second-order valence-electron chi connectivity index (χ2n) is 11.2. The van der Waals surface area contributed by atoms with E-state index >= 15 is 0 Å². The highest BCUT2D eigenvalue weighted by Gasteiger charge is 2.26. The lowest BCUT2D eigenvalue weighted by atomic mass is 9.72. The van der Waals surface area contributed by atoms with Gasteiger partial charge in [0.25, 0.3) is 0 Å². The largest absolute Gasteiger partial charge is 0.0625 e. The van der Waals surface area contributed by atoms with E-state index in [1.165, 1.54) is 83.5 Å². The fraction of sp³-hybridized carbons (Fsp3) is 0.786. The zero-order valence-electron chi connectivity index (χ0n) is 18.7. The van der Waals surface area contributed by atoms with Gasteiger partial charge in [-0.05, 0) is 85.2 Å². The van der Waals surface area contributed by atoms with Crippen LogP contribution in [-0.4, -0.2) is 0 Å². The van der Waals surface area contributed by atoms with Crippen LogP contribution in [0.1, 0.15) is 114 Å². The highest BCUT2D eigenvalue weighted by Crippen LogP contribution is 2.39. The lowest BCUT2D eigenvalue weighted by Crippen LogP contribution is -2.21. The van der Waals surface area contributed by atoms with Crippen LogP contribution in [0.15, 0.2) is 24.3 Å². The molecule has 3 aliphatic carbocycles. The van der Waals surface area contributed by atoms with E-state index in [-0.39, 0.29) is 0 Å². The fourth-order valence-corrected chi connectivity index (χ4v) is 6.56. The van der Waals surface area contributed by atoms with Crippen LogP contribution < -0.4 is 0 Å². The van der Waals surface area contributed by atoms with Gasteiger partial charge in [0.2, 0.25) is 0 Å². The van der Waals surface area contributed by atoms with E-state index in [0.717, 1.165) is 35.5 Å². The van der Waals surface area contributed by atoms with Gasteiger partial charge in [-0.3, -0.25) is 0 Å². The summed E-state index contributed by atoms with van der Waals surface area (Å²) in [6, 6.07) is 9.85. The summed E-state index contributed by atoms with van der Waals surface area (Å²) in [5, 5.41) is 0. The third-order valence-corrected chi connectivity index (χ3v) is 8.76. The zero-order valence-corrected chi connectivity index (χ0v) is 18.7. The Hall–Kier alpha value is -0.780. The standard InChI is InChI=1S/C28H44/c1-21-3-7-23(8-4-21)19-24-9-11-25(12-10-24)20-26-13-17-28(18-14-26)27-15-5-22(2)6-16-27/h13-14,17-18,21-25,27H,3-12,15-16,19-20H2,1-2H3. The van der Waals surface area contributed by atoms with E-state index in [0.29, 0.717) is 0 Å². The molecule has 4 rings (SSSR count). The lowest BCUT2D eigenvalue weighted by molar-refractivity contribution is 0.195. The van der Waals surface area contributed by atoms with Crippen molar-refractivity contribution in [3.63, 3.8) is 0 Å². The summed E-state index contributed by atoms with van der Waals surface area (Å²) in [4.78, 5) is 0. The van der Waals surface area contributed by atoms with Gasteiger partial charge in [-0.1, -0.05) is 89.5 Å². The van der Waals surface area contributed by atoms with Crippen LogP contribution in [0, 0.1) is 29.6 Å². The maximum atomic E-state index is 2.46. The van der Waals surface area contributed by atoms with Gasteiger partial charge in [0, 0.05) is 0 Å². The molecule has 0 nitrogen and oxygen atoms in total. The fourth-order valence-electron chi connectivity index (χ4n) is 6.56. The van der Waals surface area contributed by atoms with Gasteiger partial charge in [-0.25, -0.2) is 0 Å². The number of hydrogen-bond donors (Lipinski definition) is 0. The molecule has 0 saturated heterocycles. The Morgan fingerprint density at radius 1 is 0.571 bits per heavy atom. The van der Waals surface area contributed by atoms with E-state index in [9.17, 15) is 0 Å². The summed E-state index contributed by atoms with van der Waals surface area (Å²) in [5.74, 6) is 5.85. The van der Waals surface area contributed by atoms with Gasteiger partial charge in [-0.2, -0.15) is 0 Å². The first-order chi connectivity index (χ1) is 13.7. The molecule has 156 valence electrons. The predicted molar refractivity (Wildman–Crippen MR) is 122 cm³/mol. The van der Waals surface area contributed by atoms with Gasteiger partial charge in [0.05, 0.1) is 0 Å². The molecule has 0 unspecified atom stereocenters. The first kappa shape index (κ1) is 20.5. The topological polar surface area (TPSA) is 0 Å². The van der Waals surface area contributed by atoms with E-state index < -0.39 is 0 Å². The van der Waals surface area contributed by atoms with Gasteiger partial charge < -0.3 is 0 Å². The first-order valence-corrected chi connectivity index (χ1v) is 12.7. The molecule has 0 radical (unpaired) electrons. The molecule has 3 fully saturated rings. The van der Waals surface area contributed by atoms with Crippen LogP contribution in [-0.2, 0) is 6.42 Å². The molecule has 28 heavy (non-hydrogen) atoms. The third kappa shape index (κ3) is 5.64. The van der Waals surface area contributed by atoms with Crippen LogP contribution >= 0.6 is 0 Å². The molecular weight excluding hydrogens is 336 g/mol. The predicted octanol–water partition coefficient (Wildman–Crippen LogP) is 8.55. The quantitative estimate of drug-likeness (QED) is 0.480. The van der Waals surface area contributed by atoms with Crippen molar-refractivity contribution in [2.75, 3.05) is 0 Å². The van der Waals surface area contributed by atoms with Crippen LogP contribution in [0.25, 0.3) is 0 Å². The Morgan fingerprint density at radius 3 is 1.61 bits per heavy atom. The average Bonchev–Trinajstić information content (AvgIpc) is 2.72. The monoisotopic (exact) mass is 380 g/mol. The molecule has 0 amide bonds. The second kappa shape index (κ2) is 9.82. The van der Waals surface area contributed by atoms with Crippen molar-refractivity contribution in [3.8, 4) is 0 Å². The number of rotatable bonds is 5. The summed E-state index contributed by atoms with van der Waals surface area (Å²) >= 11 is 0. The minimum atomic E-state index is 0.837. The van der Waals surface area contributed by atoms with Gasteiger partial charge in [-0.15, -0.1) is 0 Å². The molecule has 0 aromatic heterocycles. The number of benzene rings is 1.